The molecule has 6 atom stereocenters. The zero-order valence-electron chi connectivity index (χ0n) is 19.4. The van der Waals surface area contributed by atoms with Crippen molar-refractivity contribution >= 4 is 11.8 Å². The molecule has 4 aliphatic carbocycles. The van der Waals surface area contributed by atoms with E-state index in [0.29, 0.717) is 17.6 Å². The zero-order chi connectivity index (χ0) is 21.2. The van der Waals surface area contributed by atoms with Crippen LogP contribution >= 0.6 is 0 Å². The molecule has 6 unspecified atom stereocenters. The summed E-state index contributed by atoms with van der Waals surface area (Å²) in [5, 5.41) is 0. The molecule has 3 heteroatoms. The van der Waals surface area contributed by atoms with E-state index in [1.165, 1.54) is 51.2 Å². The van der Waals surface area contributed by atoms with Gasteiger partial charge in [0.1, 0.15) is 5.78 Å². The van der Waals surface area contributed by atoms with Crippen LogP contribution in [-0.2, 0) is 14.3 Å². The number of Topliss-reactive ketones (excluding diaryl/α,β-unsaturated/α-hetero) is 1. The third-order valence-corrected chi connectivity index (χ3v) is 9.29. The standard InChI is InChI=1S/C24H36O3.C2H6/c1-23-14-12-21-19(9-7-17-15-18(25)11-13-24(17,21)2)20(23)10-8-16(23)5-4-6-22(26)27-3;1-2/h7,16,19-21H,4-6,8-15H2,1-3H3;1-2H3. The van der Waals surface area contributed by atoms with Crippen molar-refractivity contribution in [2.24, 2.45) is 34.5 Å². The van der Waals surface area contributed by atoms with E-state index >= 15 is 0 Å². The minimum atomic E-state index is -0.0666. The van der Waals surface area contributed by atoms with Gasteiger partial charge >= 0.3 is 5.97 Å². The van der Waals surface area contributed by atoms with Gasteiger partial charge in [0.25, 0.3) is 0 Å². The zero-order valence-corrected chi connectivity index (χ0v) is 19.4. The number of allylic oxidation sites excluding steroid dienone is 2. The summed E-state index contributed by atoms with van der Waals surface area (Å²) in [4.78, 5) is 23.5. The number of fused-ring (bicyclic) bond motifs is 5. The fraction of sp³-hybridized carbons (Fsp3) is 0.846. The van der Waals surface area contributed by atoms with E-state index in [0.717, 1.165) is 49.4 Å². The maximum absolute atomic E-state index is 12.0. The topological polar surface area (TPSA) is 43.4 Å². The van der Waals surface area contributed by atoms with Crippen molar-refractivity contribution in [3.63, 3.8) is 0 Å². The molecular weight excluding hydrogens is 360 g/mol. The molecule has 0 N–H and O–H groups in total. The van der Waals surface area contributed by atoms with Gasteiger partial charge in [-0.1, -0.05) is 39.3 Å². The summed E-state index contributed by atoms with van der Waals surface area (Å²) in [6, 6.07) is 0. The first kappa shape index (κ1) is 22.6. The second-order valence-corrected chi connectivity index (χ2v) is 10.3. The van der Waals surface area contributed by atoms with E-state index in [1.807, 2.05) is 13.8 Å². The molecule has 0 aromatic carbocycles. The van der Waals surface area contributed by atoms with Gasteiger partial charge in [-0.3, -0.25) is 9.59 Å². The Kier molecular flexibility index (Phi) is 6.95. The number of rotatable bonds is 4. The first-order valence-electron chi connectivity index (χ1n) is 12.2. The number of ketones is 1. The van der Waals surface area contributed by atoms with Crippen LogP contribution in [0.25, 0.3) is 0 Å². The van der Waals surface area contributed by atoms with Gasteiger partial charge in [0.15, 0.2) is 0 Å². The molecule has 0 aromatic rings. The highest BCUT2D eigenvalue weighted by Gasteiger charge is 2.58. The monoisotopic (exact) mass is 402 g/mol. The summed E-state index contributed by atoms with van der Waals surface area (Å²) in [5.41, 5.74) is 2.20. The van der Waals surface area contributed by atoms with Gasteiger partial charge in [-0.25, -0.2) is 0 Å². The van der Waals surface area contributed by atoms with Gasteiger partial charge < -0.3 is 4.74 Å². The van der Waals surface area contributed by atoms with E-state index in [9.17, 15) is 9.59 Å². The molecule has 0 amide bonds. The summed E-state index contributed by atoms with van der Waals surface area (Å²) < 4.78 is 4.82. The van der Waals surface area contributed by atoms with E-state index in [1.54, 1.807) is 0 Å². The number of ether oxygens (including phenoxy) is 1. The Hall–Kier alpha value is -1.12. The third-order valence-electron chi connectivity index (χ3n) is 9.29. The summed E-state index contributed by atoms with van der Waals surface area (Å²) in [7, 11) is 1.49. The van der Waals surface area contributed by atoms with Gasteiger partial charge in [0.2, 0.25) is 0 Å². The molecule has 3 saturated carbocycles. The lowest BCUT2D eigenvalue weighted by molar-refractivity contribution is -0.140. The van der Waals surface area contributed by atoms with E-state index in [2.05, 4.69) is 19.9 Å². The van der Waals surface area contributed by atoms with Crippen LogP contribution in [-0.4, -0.2) is 18.9 Å². The predicted molar refractivity (Wildman–Crippen MR) is 117 cm³/mol. The summed E-state index contributed by atoms with van der Waals surface area (Å²) in [6.45, 7) is 9.02. The summed E-state index contributed by atoms with van der Waals surface area (Å²) in [6.07, 6.45) is 14.3. The van der Waals surface area contributed by atoms with Crippen LogP contribution in [0, 0.1) is 34.5 Å². The summed E-state index contributed by atoms with van der Waals surface area (Å²) >= 11 is 0. The lowest BCUT2D eigenvalue weighted by Crippen LogP contribution is -2.50. The predicted octanol–water partition coefficient (Wildman–Crippen LogP) is 6.50. The van der Waals surface area contributed by atoms with Crippen molar-refractivity contribution in [3.8, 4) is 0 Å². The van der Waals surface area contributed by atoms with Gasteiger partial charge in [0, 0.05) is 19.3 Å². The van der Waals surface area contributed by atoms with Crippen molar-refractivity contribution in [2.45, 2.75) is 98.3 Å². The SMILES string of the molecule is CC.COC(=O)CCCC1CCC2C3CC=C4CC(=O)CCC4(C)C3CCC12C. The molecular formula is C26H42O3. The fourth-order valence-electron chi connectivity index (χ4n) is 7.65. The van der Waals surface area contributed by atoms with Crippen molar-refractivity contribution < 1.29 is 14.3 Å². The second-order valence-electron chi connectivity index (χ2n) is 10.3. The maximum Gasteiger partial charge on any atom is 0.305 e. The van der Waals surface area contributed by atoms with Crippen molar-refractivity contribution in [2.75, 3.05) is 7.11 Å². The van der Waals surface area contributed by atoms with Crippen LogP contribution in [0.4, 0.5) is 0 Å². The molecule has 4 aliphatic rings. The Balaban J connectivity index is 0.00000117. The number of carbonyl (C=O) groups excluding carboxylic acids is 2. The smallest absolute Gasteiger partial charge is 0.305 e. The van der Waals surface area contributed by atoms with Crippen molar-refractivity contribution in [3.05, 3.63) is 11.6 Å². The molecule has 0 heterocycles. The van der Waals surface area contributed by atoms with E-state index in [4.69, 9.17) is 4.74 Å². The number of esters is 1. The Bertz CT molecular complexity index is 650. The Morgan fingerprint density at radius 3 is 2.62 bits per heavy atom. The normalized spacial score (nSPS) is 40.6. The maximum atomic E-state index is 12.0. The average Bonchev–Trinajstić information content (AvgIpc) is 3.06. The average molecular weight is 403 g/mol. The third kappa shape index (κ3) is 3.95. The lowest BCUT2D eigenvalue weighted by atomic mass is 9.47. The van der Waals surface area contributed by atoms with Crippen LogP contribution in [0.1, 0.15) is 98.3 Å². The van der Waals surface area contributed by atoms with Gasteiger partial charge in [0.05, 0.1) is 7.11 Å². The van der Waals surface area contributed by atoms with Gasteiger partial charge in [-0.05, 0) is 85.9 Å². The van der Waals surface area contributed by atoms with Crippen LogP contribution < -0.4 is 0 Å². The first-order valence-corrected chi connectivity index (χ1v) is 12.2. The second kappa shape index (κ2) is 8.94. The molecule has 0 aromatic heterocycles. The molecule has 0 saturated heterocycles. The minimum absolute atomic E-state index is 0.0666. The molecule has 29 heavy (non-hydrogen) atoms. The number of hydrogen-bond donors (Lipinski definition) is 0. The number of methoxy groups -OCH3 is 1. The van der Waals surface area contributed by atoms with Crippen LogP contribution in [0.2, 0.25) is 0 Å². The van der Waals surface area contributed by atoms with Crippen molar-refractivity contribution in [1.29, 1.82) is 0 Å². The largest absolute Gasteiger partial charge is 0.469 e. The van der Waals surface area contributed by atoms with E-state index < -0.39 is 0 Å². The van der Waals surface area contributed by atoms with Crippen molar-refractivity contribution in [1.82, 2.24) is 0 Å². The highest BCUT2D eigenvalue weighted by molar-refractivity contribution is 5.82. The Labute approximate surface area is 178 Å². The minimum Gasteiger partial charge on any atom is -0.469 e. The lowest BCUT2D eigenvalue weighted by Gasteiger charge is -2.57. The number of hydrogen-bond acceptors (Lipinski definition) is 3. The fourth-order valence-corrected chi connectivity index (χ4v) is 7.65. The molecule has 164 valence electrons. The van der Waals surface area contributed by atoms with Crippen LogP contribution in [0.5, 0.6) is 0 Å². The highest BCUT2D eigenvalue weighted by Crippen LogP contribution is 2.66. The molecule has 4 rings (SSSR count). The molecule has 3 fully saturated rings. The number of carbonyl (C=O) groups is 2. The molecule has 3 nitrogen and oxygen atoms in total. The Morgan fingerprint density at radius 1 is 1.14 bits per heavy atom. The quantitative estimate of drug-likeness (QED) is 0.398. The van der Waals surface area contributed by atoms with Crippen LogP contribution in [0.15, 0.2) is 11.6 Å². The first-order chi connectivity index (χ1) is 13.9. The highest BCUT2D eigenvalue weighted by atomic mass is 16.5. The van der Waals surface area contributed by atoms with Crippen LogP contribution in [0.3, 0.4) is 0 Å². The molecule has 0 bridgehead atoms. The molecule has 0 aliphatic heterocycles. The molecule has 0 radical (unpaired) electrons. The van der Waals surface area contributed by atoms with Gasteiger partial charge in [-0.2, -0.15) is 0 Å². The molecule has 0 spiro atoms. The van der Waals surface area contributed by atoms with E-state index in [-0.39, 0.29) is 11.4 Å². The Morgan fingerprint density at radius 2 is 1.90 bits per heavy atom. The summed E-state index contributed by atoms with van der Waals surface area (Å²) in [5.74, 6) is 3.55. The van der Waals surface area contributed by atoms with Gasteiger partial charge in [-0.15, -0.1) is 0 Å².